The number of carbonyl (C=O) groups excluding carboxylic acids is 2. The number of ether oxygens (including phenoxy) is 1. The van der Waals surface area contributed by atoms with Crippen molar-refractivity contribution in [1.29, 1.82) is 5.26 Å². The van der Waals surface area contributed by atoms with Gasteiger partial charge in [0.05, 0.1) is 30.7 Å². The Hall–Kier alpha value is -3.42. The number of amides is 2. The Morgan fingerprint density at radius 3 is 3.06 bits per heavy atom. The van der Waals surface area contributed by atoms with E-state index in [2.05, 4.69) is 21.7 Å². The first kappa shape index (κ1) is 22.8. The molecule has 2 amide bonds. The molecule has 1 unspecified atom stereocenters. The lowest BCUT2D eigenvalue weighted by molar-refractivity contribution is -0.111. The van der Waals surface area contributed by atoms with Gasteiger partial charge in [-0.1, -0.05) is 6.07 Å². The fourth-order valence-corrected chi connectivity index (χ4v) is 5.60. The Kier molecular flexibility index (Phi) is 7.22. The number of hydrogen-bond donors (Lipinski definition) is 2. The maximum Gasteiger partial charge on any atom is 0.407 e. The Morgan fingerprint density at radius 1 is 1.45 bits per heavy atom. The normalized spacial score (nSPS) is 15.1. The highest BCUT2D eigenvalue weighted by atomic mass is 32.1. The molecule has 0 saturated carbocycles. The van der Waals surface area contributed by atoms with Crippen LogP contribution in [0.1, 0.15) is 33.0 Å². The molecule has 170 valence electrons. The lowest BCUT2D eigenvalue weighted by atomic mass is 9.88. The molecule has 8 nitrogen and oxygen atoms in total. The second-order valence-electron chi connectivity index (χ2n) is 7.71. The van der Waals surface area contributed by atoms with Gasteiger partial charge in [-0.15, -0.1) is 22.7 Å². The largest absolute Gasteiger partial charge is 0.449 e. The van der Waals surface area contributed by atoms with Crippen molar-refractivity contribution in [3.63, 3.8) is 0 Å². The zero-order valence-electron chi connectivity index (χ0n) is 18.0. The van der Waals surface area contributed by atoms with E-state index in [1.54, 1.807) is 29.9 Å². The molecule has 33 heavy (non-hydrogen) atoms. The van der Waals surface area contributed by atoms with Crippen LogP contribution in [0.5, 0.6) is 0 Å². The summed E-state index contributed by atoms with van der Waals surface area (Å²) >= 11 is 2.98. The fraction of sp³-hybridized carbons (Fsp3) is 0.304. The molecule has 0 fully saturated rings. The van der Waals surface area contributed by atoms with Crippen molar-refractivity contribution in [1.82, 2.24) is 14.9 Å². The van der Waals surface area contributed by atoms with Crippen molar-refractivity contribution in [3.05, 3.63) is 62.7 Å². The zero-order valence-corrected chi connectivity index (χ0v) is 19.7. The number of fused-ring (bicyclic) bond motifs is 1. The average molecular weight is 482 g/mol. The van der Waals surface area contributed by atoms with E-state index in [0.717, 1.165) is 33.9 Å². The number of carbonyl (C=O) groups is 2. The van der Waals surface area contributed by atoms with Gasteiger partial charge in [-0.2, -0.15) is 5.26 Å². The Labute approximate surface area is 199 Å². The van der Waals surface area contributed by atoms with Gasteiger partial charge in [-0.05, 0) is 48.3 Å². The van der Waals surface area contributed by atoms with Gasteiger partial charge >= 0.3 is 6.09 Å². The lowest BCUT2D eigenvalue weighted by Crippen LogP contribution is -2.28. The molecule has 3 heterocycles. The highest BCUT2D eigenvalue weighted by Crippen LogP contribution is 2.39. The molecule has 0 radical (unpaired) electrons. The minimum absolute atomic E-state index is 0.174. The highest BCUT2D eigenvalue weighted by molar-refractivity contribution is 7.16. The number of anilines is 1. The van der Waals surface area contributed by atoms with Crippen LogP contribution in [0.15, 0.2) is 36.1 Å². The minimum Gasteiger partial charge on any atom is -0.449 e. The van der Waals surface area contributed by atoms with Crippen LogP contribution in [0, 0.1) is 17.2 Å². The van der Waals surface area contributed by atoms with E-state index in [-0.39, 0.29) is 11.8 Å². The van der Waals surface area contributed by atoms with Gasteiger partial charge in [0, 0.05) is 29.1 Å². The van der Waals surface area contributed by atoms with Gasteiger partial charge in [0.2, 0.25) is 5.91 Å². The first-order chi connectivity index (χ1) is 16.0. The van der Waals surface area contributed by atoms with Crippen LogP contribution in [0.2, 0.25) is 0 Å². The van der Waals surface area contributed by atoms with Crippen LogP contribution in [0.25, 0.3) is 6.08 Å². The molecule has 2 N–H and O–H groups in total. The van der Waals surface area contributed by atoms with Crippen molar-refractivity contribution in [3.8, 4) is 6.07 Å². The molecule has 3 aromatic heterocycles. The summed E-state index contributed by atoms with van der Waals surface area (Å²) in [6, 6.07) is 6.11. The van der Waals surface area contributed by atoms with E-state index in [4.69, 9.17) is 4.74 Å². The number of aromatic nitrogens is 2. The highest BCUT2D eigenvalue weighted by Gasteiger charge is 2.27. The quantitative estimate of drug-likeness (QED) is 0.494. The van der Waals surface area contributed by atoms with Crippen LogP contribution >= 0.6 is 22.7 Å². The summed E-state index contributed by atoms with van der Waals surface area (Å²) in [7, 11) is 1.86. The molecular weight excluding hydrogens is 458 g/mol. The number of nitrogens with one attached hydrogen (secondary N) is 2. The number of alkyl carbamates (subject to hydrolysis) is 1. The summed E-state index contributed by atoms with van der Waals surface area (Å²) in [4.78, 5) is 30.5. The molecule has 0 saturated heterocycles. The van der Waals surface area contributed by atoms with Crippen LogP contribution in [0.3, 0.4) is 0 Å². The van der Waals surface area contributed by atoms with E-state index >= 15 is 0 Å². The smallest absolute Gasteiger partial charge is 0.407 e. The van der Waals surface area contributed by atoms with Crippen molar-refractivity contribution >= 4 is 45.8 Å². The van der Waals surface area contributed by atoms with Crippen LogP contribution in [-0.4, -0.2) is 28.2 Å². The molecule has 0 spiro atoms. The molecule has 0 aliphatic heterocycles. The van der Waals surface area contributed by atoms with Crippen molar-refractivity contribution in [2.24, 2.45) is 13.0 Å². The zero-order chi connectivity index (χ0) is 23.2. The van der Waals surface area contributed by atoms with Gasteiger partial charge in [-0.3, -0.25) is 4.79 Å². The number of aryl methyl sites for hydroxylation is 1. The summed E-state index contributed by atoms with van der Waals surface area (Å²) < 4.78 is 7.25. The molecule has 3 aromatic rings. The number of hydrogen-bond acceptors (Lipinski definition) is 7. The van der Waals surface area contributed by atoms with Gasteiger partial charge < -0.3 is 19.9 Å². The van der Waals surface area contributed by atoms with Gasteiger partial charge in [0.1, 0.15) is 11.1 Å². The summed E-state index contributed by atoms with van der Waals surface area (Å²) in [5.41, 5.74) is 2.43. The van der Waals surface area contributed by atoms with Gasteiger partial charge in [0.15, 0.2) is 0 Å². The van der Waals surface area contributed by atoms with E-state index in [1.807, 2.05) is 29.1 Å². The number of thiophene rings is 2. The predicted octanol–water partition coefficient (Wildman–Crippen LogP) is 4.10. The average Bonchev–Trinajstić information content (AvgIpc) is 3.54. The van der Waals surface area contributed by atoms with Crippen LogP contribution in [0.4, 0.5) is 9.80 Å². The third-order valence-corrected chi connectivity index (χ3v) is 7.45. The summed E-state index contributed by atoms with van der Waals surface area (Å²) in [5.74, 6) is -0.0871. The lowest BCUT2D eigenvalue weighted by Gasteiger charge is -2.21. The third-order valence-electron chi connectivity index (χ3n) is 5.44. The monoisotopic (exact) mass is 481 g/mol. The summed E-state index contributed by atoms with van der Waals surface area (Å²) in [6.45, 7) is 0.659. The van der Waals surface area contributed by atoms with Crippen LogP contribution in [-0.2, 0) is 36.0 Å². The van der Waals surface area contributed by atoms with Crippen molar-refractivity contribution in [2.75, 3.05) is 11.9 Å². The SMILES string of the molecule is Cn1cncc1CNC(=O)OCC1CCc2c(sc(NC(=O)/C=C/c3cccs3)c2C#N)C1. The second kappa shape index (κ2) is 10.5. The van der Waals surface area contributed by atoms with E-state index in [0.29, 0.717) is 30.1 Å². The van der Waals surface area contributed by atoms with Crippen LogP contribution < -0.4 is 10.6 Å². The molecular formula is C23H23N5O3S2. The molecule has 0 bridgehead atoms. The predicted molar refractivity (Wildman–Crippen MR) is 128 cm³/mol. The summed E-state index contributed by atoms with van der Waals surface area (Å²) in [5, 5.41) is 17.8. The molecule has 4 rings (SSSR count). The second-order valence-corrected chi connectivity index (χ2v) is 9.80. The number of nitriles is 1. The Morgan fingerprint density at radius 2 is 2.33 bits per heavy atom. The standard InChI is InChI=1S/C23H23N5O3S2/c1-28-14-25-11-16(28)12-26-23(30)31-13-15-4-6-18-19(10-24)22(33-20(18)9-15)27-21(29)7-5-17-3-2-8-32-17/h2-3,5,7-8,11,14-15H,4,6,9,12-13H2,1H3,(H,26,30)(H,27,29)/b7-5+. The van der Waals surface area contributed by atoms with E-state index < -0.39 is 6.09 Å². The van der Waals surface area contributed by atoms with Gasteiger partial charge in [0.25, 0.3) is 0 Å². The van der Waals surface area contributed by atoms with Crippen molar-refractivity contribution in [2.45, 2.75) is 25.8 Å². The van der Waals surface area contributed by atoms with Crippen molar-refractivity contribution < 1.29 is 14.3 Å². The molecule has 1 aliphatic rings. The Bertz CT molecular complexity index is 1200. The first-order valence-electron chi connectivity index (χ1n) is 10.5. The third kappa shape index (κ3) is 5.69. The molecule has 10 heteroatoms. The molecule has 0 aromatic carbocycles. The Balaban J connectivity index is 1.31. The minimum atomic E-state index is -0.462. The number of imidazole rings is 1. The topological polar surface area (TPSA) is 109 Å². The van der Waals surface area contributed by atoms with E-state index in [1.165, 1.54) is 17.4 Å². The first-order valence-corrected chi connectivity index (χ1v) is 12.2. The van der Waals surface area contributed by atoms with Gasteiger partial charge in [-0.25, -0.2) is 9.78 Å². The number of nitrogens with zero attached hydrogens (tertiary/aromatic N) is 3. The number of rotatable bonds is 7. The maximum atomic E-state index is 12.3. The maximum absolute atomic E-state index is 12.3. The van der Waals surface area contributed by atoms with E-state index in [9.17, 15) is 14.9 Å². The molecule has 1 atom stereocenters. The molecule has 1 aliphatic carbocycles. The summed E-state index contributed by atoms with van der Waals surface area (Å²) in [6.07, 6.45) is 8.40. The fourth-order valence-electron chi connectivity index (χ4n) is 3.66.